The molecule has 3 rings (SSSR count). The van der Waals surface area contributed by atoms with Gasteiger partial charge in [0, 0.05) is 24.1 Å². The minimum atomic E-state index is 0.750. The Kier molecular flexibility index (Phi) is 4.15. The highest BCUT2D eigenvalue weighted by Gasteiger charge is 2.11. The summed E-state index contributed by atoms with van der Waals surface area (Å²) in [6, 6.07) is 16.3. The van der Waals surface area contributed by atoms with E-state index in [1.54, 1.807) is 11.8 Å². The second-order valence-corrected chi connectivity index (χ2v) is 6.20. The van der Waals surface area contributed by atoms with Crippen LogP contribution in [0.3, 0.4) is 0 Å². The number of aromatic nitrogens is 3. The third-order valence-corrected chi connectivity index (χ3v) is 4.58. The molecule has 0 aliphatic carbocycles. The SMILES string of the molecule is Cc1ccc(CSc2nnc(-c3ccc(N)cc3)n2C)cc1. The van der Waals surface area contributed by atoms with E-state index in [0.717, 1.165) is 28.0 Å². The van der Waals surface area contributed by atoms with Crippen LogP contribution in [0.4, 0.5) is 5.69 Å². The molecule has 0 spiro atoms. The van der Waals surface area contributed by atoms with Crippen molar-refractivity contribution >= 4 is 17.4 Å². The number of thioether (sulfide) groups is 1. The van der Waals surface area contributed by atoms with E-state index in [4.69, 9.17) is 5.73 Å². The van der Waals surface area contributed by atoms with E-state index in [0.29, 0.717) is 0 Å². The largest absolute Gasteiger partial charge is 0.399 e. The van der Waals surface area contributed by atoms with Crippen molar-refractivity contribution in [1.82, 2.24) is 14.8 Å². The average Bonchev–Trinajstić information content (AvgIpc) is 2.89. The quantitative estimate of drug-likeness (QED) is 0.590. The first-order valence-corrected chi connectivity index (χ1v) is 8.06. The Labute approximate surface area is 134 Å². The average molecular weight is 310 g/mol. The van der Waals surface area contributed by atoms with Crippen LogP contribution in [0.5, 0.6) is 0 Å². The lowest BCUT2D eigenvalue weighted by Crippen LogP contribution is -1.95. The van der Waals surface area contributed by atoms with E-state index in [1.807, 2.05) is 35.9 Å². The zero-order valence-corrected chi connectivity index (χ0v) is 13.5. The Morgan fingerprint density at radius 3 is 2.36 bits per heavy atom. The van der Waals surface area contributed by atoms with E-state index >= 15 is 0 Å². The summed E-state index contributed by atoms with van der Waals surface area (Å²) >= 11 is 1.69. The van der Waals surface area contributed by atoms with Crippen LogP contribution < -0.4 is 5.73 Å². The van der Waals surface area contributed by atoms with Crippen molar-refractivity contribution in [2.24, 2.45) is 7.05 Å². The number of nitrogen functional groups attached to an aromatic ring is 1. The van der Waals surface area contributed by atoms with Crippen molar-refractivity contribution in [3.8, 4) is 11.4 Å². The van der Waals surface area contributed by atoms with E-state index < -0.39 is 0 Å². The van der Waals surface area contributed by atoms with Gasteiger partial charge in [0.1, 0.15) is 0 Å². The maximum absolute atomic E-state index is 5.72. The summed E-state index contributed by atoms with van der Waals surface area (Å²) in [5.74, 6) is 1.74. The van der Waals surface area contributed by atoms with Crippen molar-refractivity contribution < 1.29 is 0 Å². The first kappa shape index (κ1) is 14.7. The summed E-state index contributed by atoms with van der Waals surface area (Å²) < 4.78 is 2.02. The summed E-state index contributed by atoms with van der Waals surface area (Å²) in [6.45, 7) is 2.10. The van der Waals surface area contributed by atoms with Crippen molar-refractivity contribution in [2.45, 2.75) is 17.8 Å². The molecule has 1 heterocycles. The summed E-state index contributed by atoms with van der Waals surface area (Å²) in [5.41, 5.74) is 10.1. The van der Waals surface area contributed by atoms with Gasteiger partial charge < -0.3 is 10.3 Å². The molecular weight excluding hydrogens is 292 g/mol. The van der Waals surface area contributed by atoms with Gasteiger partial charge in [-0.1, -0.05) is 41.6 Å². The van der Waals surface area contributed by atoms with Crippen molar-refractivity contribution in [2.75, 3.05) is 5.73 Å². The first-order chi connectivity index (χ1) is 10.6. The van der Waals surface area contributed by atoms with Crippen LogP contribution in [0, 0.1) is 6.92 Å². The fraction of sp³-hybridized carbons (Fsp3) is 0.176. The van der Waals surface area contributed by atoms with Crippen LogP contribution >= 0.6 is 11.8 Å². The molecule has 22 heavy (non-hydrogen) atoms. The van der Waals surface area contributed by atoms with Gasteiger partial charge in [0.2, 0.25) is 0 Å². The van der Waals surface area contributed by atoms with Crippen LogP contribution in [0.25, 0.3) is 11.4 Å². The molecule has 0 aliphatic heterocycles. The molecule has 0 aliphatic rings. The van der Waals surface area contributed by atoms with Gasteiger partial charge in [0.15, 0.2) is 11.0 Å². The highest BCUT2D eigenvalue weighted by atomic mass is 32.2. The zero-order chi connectivity index (χ0) is 15.5. The minimum Gasteiger partial charge on any atom is -0.399 e. The lowest BCUT2D eigenvalue weighted by Gasteiger charge is -2.05. The lowest BCUT2D eigenvalue weighted by molar-refractivity contribution is 0.794. The Balaban J connectivity index is 1.75. The third kappa shape index (κ3) is 3.14. The summed E-state index contributed by atoms with van der Waals surface area (Å²) in [7, 11) is 1.99. The predicted octanol–water partition coefficient (Wildman–Crippen LogP) is 3.67. The summed E-state index contributed by atoms with van der Waals surface area (Å²) in [6.07, 6.45) is 0. The Morgan fingerprint density at radius 1 is 1.00 bits per heavy atom. The van der Waals surface area contributed by atoms with Crippen molar-refractivity contribution in [3.05, 3.63) is 59.7 Å². The van der Waals surface area contributed by atoms with Crippen molar-refractivity contribution in [3.63, 3.8) is 0 Å². The number of benzene rings is 2. The molecule has 3 aromatic rings. The normalized spacial score (nSPS) is 10.8. The number of rotatable bonds is 4. The van der Waals surface area contributed by atoms with Gasteiger partial charge in [0.25, 0.3) is 0 Å². The number of hydrogen-bond donors (Lipinski definition) is 1. The van der Waals surface area contributed by atoms with Crippen LogP contribution in [0.15, 0.2) is 53.7 Å². The monoisotopic (exact) mass is 310 g/mol. The van der Waals surface area contributed by atoms with E-state index in [9.17, 15) is 0 Å². The second-order valence-electron chi connectivity index (χ2n) is 5.26. The Hall–Kier alpha value is -2.27. The third-order valence-electron chi connectivity index (χ3n) is 3.49. The van der Waals surface area contributed by atoms with Gasteiger partial charge in [-0.05, 0) is 36.8 Å². The van der Waals surface area contributed by atoms with Crippen LogP contribution in [-0.4, -0.2) is 14.8 Å². The number of hydrogen-bond acceptors (Lipinski definition) is 4. The highest BCUT2D eigenvalue weighted by molar-refractivity contribution is 7.98. The van der Waals surface area contributed by atoms with E-state index in [-0.39, 0.29) is 0 Å². The molecule has 0 amide bonds. The molecule has 0 saturated carbocycles. The number of aryl methyl sites for hydroxylation is 1. The molecule has 0 saturated heterocycles. The molecular formula is C17H18N4S. The minimum absolute atomic E-state index is 0.750. The van der Waals surface area contributed by atoms with Gasteiger partial charge in [-0.2, -0.15) is 0 Å². The van der Waals surface area contributed by atoms with Gasteiger partial charge >= 0.3 is 0 Å². The molecule has 0 atom stereocenters. The summed E-state index contributed by atoms with van der Waals surface area (Å²) in [4.78, 5) is 0. The number of anilines is 1. The molecule has 2 N–H and O–H groups in total. The number of nitrogens with zero attached hydrogens (tertiary/aromatic N) is 3. The molecule has 5 heteroatoms. The van der Waals surface area contributed by atoms with Gasteiger partial charge in [0.05, 0.1) is 0 Å². The smallest absolute Gasteiger partial charge is 0.191 e. The predicted molar refractivity (Wildman–Crippen MR) is 91.6 cm³/mol. The molecule has 0 bridgehead atoms. The molecule has 112 valence electrons. The highest BCUT2D eigenvalue weighted by Crippen LogP contribution is 2.25. The fourth-order valence-electron chi connectivity index (χ4n) is 2.16. The first-order valence-electron chi connectivity index (χ1n) is 7.07. The zero-order valence-electron chi connectivity index (χ0n) is 12.7. The van der Waals surface area contributed by atoms with Crippen LogP contribution in [-0.2, 0) is 12.8 Å². The molecule has 4 nitrogen and oxygen atoms in total. The molecule has 0 radical (unpaired) electrons. The second kappa shape index (κ2) is 6.23. The molecule has 0 unspecified atom stereocenters. The standard InChI is InChI=1S/C17H18N4S/c1-12-3-5-13(6-4-12)11-22-17-20-19-16(21(17)2)14-7-9-15(18)10-8-14/h3-10H,11,18H2,1-2H3. The number of nitrogens with two attached hydrogens (primary N) is 1. The topological polar surface area (TPSA) is 56.7 Å². The molecule has 2 aromatic carbocycles. The maximum Gasteiger partial charge on any atom is 0.191 e. The van der Waals surface area contributed by atoms with E-state index in [1.165, 1.54) is 11.1 Å². The van der Waals surface area contributed by atoms with Gasteiger partial charge in [-0.15, -0.1) is 10.2 Å². The maximum atomic E-state index is 5.72. The summed E-state index contributed by atoms with van der Waals surface area (Å²) in [5, 5.41) is 9.49. The lowest BCUT2D eigenvalue weighted by atomic mass is 10.2. The van der Waals surface area contributed by atoms with Crippen LogP contribution in [0.2, 0.25) is 0 Å². The Bertz CT molecular complexity index is 760. The van der Waals surface area contributed by atoms with Crippen molar-refractivity contribution in [1.29, 1.82) is 0 Å². The van der Waals surface area contributed by atoms with Crippen LogP contribution in [0.1, 0.15) is 11.1 Å². The molecule has 1 aromatic heterocycles. The Morgan fingerprint density at radius 2 is 1.68 bits per heavy atom. The van der Waals surface area contributed by atoms with Gasteiger partial charge in [-0.3, -0.25) is 0 Å². The molecule has 0 fully saturated rings. The van der Waals surface area contributed by atoms with E-state index in [2.05, 4.69) is 41.4 Å². The fourth-order valence-corrected chi connectivity index (χ4v) is 3.02. The van der Waals surface area contributed by atoms with Gasteiger partial charge in [-0.25, -0.2) is 0 Å².